The van der Waals surface area contributed by atoms with E-state index in [1.165, 1.54) is 11.8 Å². The number of hydrogen-bond acceptors (Lipinski definition) is 7. The summed E-state index contributed by atoms with van der Waals surface area (Å²) in [4.78, 5) is 24.6. The van der Waals surface area contributed by atoms with Crippen LogP contribution in [0.5, 0.6) is 0 Å². The lowest BCUT2D eigenvalue weighted by Crippen LogP contribution is -2.24. The molecular formula is C25H23N7O2S. The van der Waals surface area contributed by atoms with Crippen LogP contribution in [0, 0.1) is 0 Å². The van der Waals surface area contributed by atoms with E-state index in [9.17, 15) is 9.59 Å². The van der Waals surface area contributed by atoms with Gasteiger partial charge in [-0.1, -0.05) is 48.2 Å². The van der Waals surface area contributed by atoms with Gasteiger partial charge in [0.15, 0.2) is 11.0 Å². The number of thioether (sulfide) groups is 1. The first-order chi connectivity index (χ1) is 17.1. The molecule has 3 aromatic carbocycles. The van der Waals surface area contributed by atoms with Crippen LogP contribution in [0.15, 0.2) is 100 Å². The molecule has 4 aromatic rings. The lowest BCUT2D eigenvalue weighted by molar-refractivity contribution is -0.113. The van der Waals surface area contributed by atoms with Gasteiger partial charge in [0.05, 0.1) is 23.7 Å². The number of aromatic nitrogens is 3. The number of rotatable bonds is 9. The van der Waals surface area contributed by atoms with E-state index in [1.54, 1.807) is 48.0 Å². The first kappa shape index (κ1) is 23.8. The smallest absolute Gasteiger partial charge is 0.251 e. The second kappa shape index (κ2) is 11.7. The summed E-state index contributed by atoms with van der Waals surface area (Å²) in [5, 5.41) is 22.9. The lowest BCUT2D eigenvalue weighted by atomic mass is 10.2. The molecule has 0 saturated heterocycles. The van der Waals surface area contributed by atoms with Gasteiger partial charge >= 0.3 is 0 Å². The number of carbonyl (C=O) groups is 2. The Kier molecular flexibility index (Phi) is 7.97. The number of benzene rings is 3. The molecule has 176 valence electrons. The highest BCUT2D eigenvalue weighted by Crippen LogP contribution is 2.21. The van der Waals surface area contributed by atoms with Gasteiger partial charge in [-0.2, -0.15) is 10.2 Å². The maximum atomic E-state index is 12.4. The highest BCUT2D eigenvalue weighted by molar-refractivity contribution is 7.99. The van der Waals surface area contributed by atoms with Crippen molar-refractivity contribution < 1.29 is 9.59 Å². The molecule has 1 aromatic heterocycles. The average Bonchev–Trinajstić information content (AvgIpc) is 3.25. The SMILES string of the molecule is Cn1c(CNC(=O)c2ccccc2)nnc1SCC(=O)Nc1ccc(N=Nc2ccccc2)cc1. The predicted octanol–water partition coefficient (Wildman–Crippen LogP) is 4.89. The Hall–Kier alpha value is -4.31. The van der Waals surface area contributed by atoms with E-state index in [4.69, 9.17) is 0 Å². The number of carbonyl (C=O) groups excluding carboxylic acids is 2. The van der Waals surface area contributed by atoms with Crippen LogP contribution < -0.4 is 10.6 Å². The highest BCUT2D eigenvalue weighted by atomic mass is 32.2. The highest BCUT2D eigenvalue weighted by Gasteiger charge is 2.13. The van der Waals surface area contributed by atoms with Crippen molar-refractivity contribution >= 4 is 40.6 Å². The summed E-state index contributed by atoms with van der Waals surface area (Å²) in [5.74, 6) is 0.403. The van der Waals surface area contributed by atoms with Crippen LogP contribution >= 0.6 is 11.8 Å². The molecule has 9 nitrogen and oxygen atoms in total. The second-order valence-corrected chi connectivity index (χ2v) is 8.37. The number of nitrogens with one attached hydrogen (secondary N) is 2. The summed E-state index contributed by atoms with van der Waals surface area (Å²) >= 11 is 1.27. The normalized spacial score (nSPS) is 10.9. The Morgan fingerprint density at radius 1 is 0.857 bits per heavy atom. The summed E-state index contributed by atoms with van der Waals surface area (Å²) in [6.45, 7) is 0.234. The molecule has 0 bridgehead atoms. The minimum absolute atomic E-state index is 0.164. The van der Waals surface area contributed by atoms with Gasteiger partial charge in [-0.15, -0.1) is 10.2 Å². The van der Waals surface area contributed by atoms with E-state index in [0.717, 1.165) is 5.69 Å². The molecule has 0 radical (unpaired) electrons. The van der Waals surface area contributed by atoms with Crippen LogP contribution in [0.1, 0.15) is 16.2 Å². The van der Waals surface area contributed by atoms with Crippen LogP contribution in [0.3, 0.4) is 0 Å². The summed E-state index contributed by atoms with van der Waals surface area (Å²) in [7, 11) is 1.80. The van der Waals surface area contributed by atoms with E-state index in [0.29, 0.717) is 27.9 Å². The maximum Gasteiger partial charge on any atom is 0.251 e. The van der Waals surface area contributed by atoms with Crippen LogP contribution in [-0.2, 0) is 18.4 Å². The van der Waals surface area contributed by atoms with Crippen LogP contribution in [0.4, 0.5) is 17.1 Å². The van der Waals surface area contributed by atoms with Crippen LogP contribution in [0.25, 0.3) is 0 Å². The molecule has 10 heteroatoms. The average molecular weight is 486 g/mol. The third kappa shape index (κ3) is 6.84. The van der Waals surface area contributed by atoms with Gasteiger partial charge in [-0.3, -0.25) is 9.59 Å². The Bertz CT molecular complexity index is 1310. The lowest BCUT2D eigenvalue weighted by Gasteiger charge is -2.07. The first-order valence-corrected chi connectivity index (χ1v) is 11.8. The van der Waals surface area contributed by atoms with E-state index in [1.807, 2.05) is 48.5 Å². The maximum absolute atomic E-state index is 12.4. The van der Waals surface area contributed by atoms with E-state index < -0.39 is 0 Å². The van der Waals surface area contributed by atoms with Gasteiger partial charge in [0.1, 0.15) is 0 Å². The molecule has 1 heterocycles. The Labute approximate surface area is 206 Å². The standard InChI is InChI=1S/C25H23N7O2S/c1-32-22(16-26-24(34)18-8-4-2-5-9-18)30-31-25(32)35-17-23(33)27-19-12-14-21(15-13-19)29-28-20-10-6-3-7-11-20/h2-15H,16-17H2,1H3,(H,26,34)(H,27,33). The van der Waals surface area contributed by atoms with Gasteiger partial charge in [-0.05, 0) is 48.5 Å². The number of hydrogen-bond donors (Lipinski definition) is 2. The minimum atomic E-state index is -0.185. The summed E-state index contributed by atoms with van der Waals surface area (Å²) in [5.41, 5.74) is 2.70. The van der Waals surface area contributed by atoms with Crippen molar-refractivity contribution in [1.82, 2.24) is 20.1 Å². The fraction of sp³-hybridized carbons (Fsp3) is 0.120. The van der Waals surface area contributed by atoms with E-state index in [-0.39, 0.29) is 24.1 Å². The molecule has 0 atom stereocenters. The summed E-state index contributed by atoms with van der Waals surface area (Å²) < 4.78 is 1.76. The third-order valence-corrected chi connectivity index (χ3v) is 5.91. The minimum Gasteiger partial charge on any atom is -0.345 e. The van der Waals surface area contributed by atoms with Crippen molar-refractivity contribution in [2.24, 2.45) is 17.3 Å². The summed E-state index contributed by atoms with van der Waals surface area (Å²) in [6.07, 6.45) is 0. The molecule has 0 aliphatic carbocycles. The van der Waals surface area contributed by atoms with Crippen LogP contribution in [-0.4, -0.2) is 32.3 Å². The zero-order valence-corrected chi connectivity index (χ0v) is 19.8. The molecule has 0 aliphatic heterocycles. The molecule has 0 fully saturated rings. The van der Waals surface area contributed by atoms with E-state index in [2.05, 4.69) is 31.1 Å². The second-order valence-electron chi connectivity index (χ2n) is 7.43. The summed E-state index contributed by atoms with van der Waals surface area (Å²) in [6, 6.07) is 25.5. The van der Waals surface area contributed by atoms with Gasteiger partial charge in [0.2, 0.25) is 5.91 Å². The number of azo groups is 1. The Morgan fingerprint density at radius 3 is 2.17 bits per heavy atom. The number of anilines is 1. The van der Waals surface area contributed by atoms with Gasteiger partial charge in [0.25, 0.3) is 5.91 Å². The first-order valence-electron chi connectivity index (χ1n) is 10.8. The molecule has 35 heavy (non-hydrogen) atoms. The number of amides is 2. The van der Waals surface area contributed by atoms with Gasteiger partial charge in [0, 0.05) is 18.3 Å². The molecule has 0 spiro atoms. The third-order valence-electron chi connectivity index (χ3n) is 4.89. The molecule has 0 aliphatic rings. The van der Waals surface area contributed by atoms with Gasteiger partial charge < -0.3 is 15.2 Å². The fourth-order valence-electron chi connectivity index (χ4n) is 3.02. The predicted molar refractivity (Wildman–Crippen MR) is 135 cm³/mol. The number of nitrogens with zero attached hydrogens (tertiary/aromatic N) is 5. The van der Waals surface area contributed by atoms with Crippen LogP contribution in [0.2, 0.25) is 0 Å². The van der Waals surface area contributed by atoms with Gasteiger partial charge in [-0.25, -0.2) is 0 Å². The Balaban J connectivity index is 1.24. The van der Waals surface area contributed by atoms with Crippen molar-refractivity contribution in [3.8, 4) is 0 Å². The molecular weight excluding hydrogens is 462 g/mol. The van der Waals surface area contributed by atoms with Crippen molar-refractivity contribution in [1.29, 1.82) is 0 Å². The molecule has 2 N–H and O–H groups in total. The van der Waals surface area contributed by atoms with Crippen molar-refractivity contribution in [2.45, 2.75) is 11.7 Å². The molecule has 4 rings (SSSR count). The van der Waals surface area contributed by atoms with E-state index >= 15 is 0 Å². The largest absolute Gasteiger partial charge is 0.345 e. The fourth-order valence-corrected chi connectivity index (χ4v) is 3.75. The molecule has 2 amide bonds. The zero-order valence-electron chi connectivity index (χ0n) is 19.0. The van der Waals surface area contributed by atoms with Crippen molar-refractivity contribution in [3.05, 3.63) is 96.3 Å². The van der Waals surface area contributed by atoms with Crippen molar-refractivity contribution in [3.63, 3.8) is 0 Å². The Morgan fingerprint density at radius 2 is 1.49 bits per heavy atom. The van der Waals surface area contributed by atoms with Crippen molar-refractivity contribution in [2.75, 3.05) is 11.1 Å². The quantitative estimate of drug-likeness (QED) is 0.259. The zero-order chi connectivity index (χ0) is 24.5. The topological polar surface area (TPSA) is 114 Å². The molecule has 0 unspecified atom stereocenters. The molecule has 0 saturated carbocycles. The monoisotopic (exact) mass is 485 g/mol.